The third-order valence-electron chi connectivity index (χ3n) is 4.24. The van der Waals surface area contributed by atoms with Gasteiger partial charge in [-0.1, -0.05) is 5.16 Å². The Morgan fingerprint density at radius 1 is 1.08 bits per heavy atom. The fourth-order valence-corrected chi connectivity index (χ4v) is 2.78. The second-order valence-electron chi connectivity index (χ2n) is 6.43. The third-order valence-corrected chi connectivity index (χ3v) is 4.24. The molecule has 1 saturated heterocycles. The van der Waals surface area contributed by atoms with Crippen molar-refractivity contribution in [2.45, 2.75) is 13.3 Å². The van der Waals surface area contributed by atoms with Gasteiger partial charge in [0.05, 0.1) is 0 Å². The molecular formula is C18H23N5O3. The first kappa shape index (κ1) is 17.9. The highest BCUT2D eigenvalue weighted by molar-refractivity contribution is 6.07. The first-order valence-corrected chi connectivity index (χ1v) is 8.56. The molecule has 138 valence electrons. The summed E-state index contributed by atoms with van der Waals surface area (Å²) >= 11 is 0. The molecule has 0 radical (unpaired) electrons. The summed E-state index contributed by atoms with van der Waals surface area (Å²) in [6.45, 7) is 5.78. The molecule has 1 aromatic carbocycles. The molecule has 1 fully saturated rings. The van der Waals surface area contributed by atoms with Crippen LogP contribution in [0.1, 0.15) is 12.2 Å². The van der Waals surface area contributed by atoms with Crippen LogP contribution >= 0.6 is 0 Å². The number of hydrogen-bond acceptors (Lipinski definition) is 6. The van der Waals surface area contributed by atoms with Crippen LogP contribution in [0.4, 0.5) is 17.2 Å². The van der Waals surface area contributed by atoms with E-state index in [1.165, 1.54) is 0 Å². The highest BCUT2D eigenvalue weighted by Crippen LogP contribution is 2.19. The van der Waals surface area contributed by atoms with Crippen molar-refractivity contribution < 1.29 is 14.1 Å². The fraction of sp³-hybridized carbons (Fsp3) is 0.389. The molecule has 8 heteroatoms. The number of likely N-dealkylation sites (N-methyl/N-ethyl adjacent to an activating group) is 1. The Kier molecular flexibility index (Phi) is 5.52. The third kappa shape index (κ3) is 4.82. The zero-order valence-corrected chi connectivity index (χ0v) is 15.0. The van der Waals surface area contributed by atoms with Crippen LogP contribution in [0.3, 0.4) is 0 Å². The normalized spacial score (nSPS) is 14.9. The molecule has 2 N–H and O–H groups in total. The number of anilines is 3. The van der Waals surface area contributed by atoms with Gasteiger partial charge in [0.2, 0.25) is 11.8 Å². The Morgan fingerprint density at radius 3 is 2.35 bits per heavy atom. The van der Waals surface area contributed by atoms with Crippen LogP contribution in [0.15, 0.2) is 34.9 Å². The van der Waals surface area contributed by atoms with Crippen LogP contribution in [0.5, 0.6) is 0 Å². The lowest BCUT2D eigenvalue weighted by Crippen LogP contribution is -2.44. The van der Waals surface area contributed by atoms with Crippen LogP contribution in [-0.2, 0) is 9.59 Å². The lowest BCUT2D eigenvalue weighted by molar-refractivity contribution is -0.123. The largest absolute Gasteiger partial charge is 0.369 e. The summed E-state index contributed by atoms with van der Waals surface area (Å²) in [5.41, 5.74) is 1.80. The zero-order chi connectivity index (χ0) is 18.5. The maximum Gasteiger partial charge on any atom is 0.235 e. The highest BCUT2D eigenvalue weighted by Gasteiger charge is 2.15. The first-order valence-electron chi connectivity index (χ1n) is 8.56. The van der Waals surface area contributed by atoms with Gasteiger partial charge in [0.1, 0.15) is 12.2 Å². The number of nitrogens with one attached hydrogen (secondary N) is 2. The number of amides is 2. The number of hydrogen-bond donors (Lipinski definition) is 2. The summed E-state index contributed by atoms with van der Waals surface area (Å²) in [6, 6.07) is 9.26. The average Bonchev–Trinajstić information content (AvgIpc) is 3.01. The monoisotopic (exact) mass is 357 g/mol. The maximum absolute atomic E-state index is 12.0. The van der Waals surface area contributed by atoms with Crippen molar-refractivity contribution in [2.24, 2.45) is 0 Å². The van der Waals surface area contributed by atoms with E-state index < -0.39 is 5.91 Å². The van der Waals surface area contributed by atoms with Crippen LogP contribution in [-0.4, -0.2) is 55.1 Å². The van der Waals surface area contributed by atoms with Gasteiger partial charge in [-0.15, -0.1) is 0 Å². The number of aromatic nitrogens is 1. The van der Waals surface area contributed by atoms with E-state index in [1.807, 2.05) is 24.3 Å². The lowest BCUT2D eigenvalue weighted by Gasteiger charge is -2.34. The maximum atomic E-state index is 12.0. The van der Waals surface area contributed by atoms with E-state index in [-0.39, 0.29) is 12.3 Å². The predicted octanol–water partition coefficient (Wildman–Crippen LogP) is 1.70. The van der Waals surface area contributed by atoms with E-state index in [2.05, 4.69) is 32.6 Å². The number of aryl methyl sites for hydroxylation is 1. The topological polar surface area (TPSA) is 90.7 Å². The molecule has 3 rings (SSSR count). The van der Waals surface area contributed by atoms with Crippen LogP contribution in [0.2, 0.25) is 0 Å². The standard InChI is InChI=1S/C18H23N5O3/c1-13-11-16(21-26-13)20-18(25)12-17(24)19-14-3-5-15(6-4-14)23-9-7-22(2)8-10-23/h3-6,11H,7-10,12H2,1-2H3,(H,19,24)(H,20,21,25). The Labute approximate surface area is 152 Å². The number of piperazine rings is 1. The Balaban J connectivity index is 1.48. The summed E-state index contributed by atoms with van der Waals surface area (Å²) in [5.74, 6) is 0.0712. The molecule has 0 unspecified atom stereocenters. The average molecular weight is 357 g/mol. The SMILES string of the molecule is Cc1cc(NC(=O)CC(=O)Nc2ccc(N3CCN(C)CC3)cc2)no1. The molecule has 1 aliphatic heterocycles. The smallest absolute Gasteiger partial charge is 0.235 e. The van der Waals surface area contributed by atoms with Crippen molar-refractivity contribution in [3.05, 3.63) is 36.1 Å². The minimum atomic E-state index is -0.440. The van der Waals surface area contributed by atoms with Gasteiger partial charge in [-0.3, -0.25) is 9.59 Å². The van der Waals surface area contributed by atoms with E-state index in [9.17, 15) is 9.59 Å². The summed E-state index contributed by atoms with van der Waals surface area (Å²) in [5, 5.41) is 8.91. The molecule has 1 aromatic heterocycles. The number of carbonyl (C=O) groups excluding carboxylic acids is 2. The number of benzene rings is 1. The molecule has 1 aliphatic rings. The minimum Gasteiger partial charge on any atom is -0.369 e. The first-order chi connectivity index (χ1) is 12.5. The van der Waals surface area contributed by atoms with Crippen molar-refractivity contribution in [3.8, 4) is 0 Å². The van der Waals surface area contributed by atoms with E-state index in [0.29, 0.717) is 17.3 Å². The van der Waals surface area contributed by atoms with Gasteiger partial charge in [-0.25, -0.2) is 0 Å². The zero-order valence-electron chi connectivity index (χ0n) is 15.0. The molecule has 2 amide bonds. The molecular weight excluding hydrogens is 334 g/mol. The van der Waals surface area contributed by atoms with Crippen LogP contribution < -0.4 is 15.5 Å². The summed E-state index contributed by atoms with van der Waals surface area (Å²) < 4.78 is 4.86. The van der Waals surface area contributed by atoms with Gasteiger partial charge >= 0.3 is 0 Å². The molecule has 0 saturated carbocycles. The fourth-order valence-electron chi connectivity index (χ4n) is 2.78. The van der Waals surface area contributed by atoms with Crippen LogP contribution in [0, 0.1) is 6.92 Å². The number of carbonyl (C=O) groups is 2. The van der Waals surface area contributed by atoms with Crippen molar-refractivity contribution in [3.63, 3.8) is 0 Å². The summed E-state index contributed by atoms with van der Waals surface area (Å²) in [6.07, 6.45) is -0.286. The molecule has 0 atom stereocenters. The van der Waals surface area contributed by atoms with Gasteiger partial charge in [-0.05, 0) is 38.2 Å². The van der Waals surface area contributed by atoms with Gasteiger partial charge in [0.15, 0.2) is 5.82 Å². The molecule has 8 nitrogen and oxygen atoms in total. The van der Waals surface area contributed by atoms with Crippen LogP contribution in [0.25, 0.3) is 0 Å². The van der Waals surface area contributed by atoms with Gasteiger partial charge < -0.3 is 25.0 Å². The molecule has 2 aromatic rings. The number of nitrogens with zero attached hydrogens (tertiary/aromatic N) is 3. The van der Waals surface area contributed by atoms with E-state index >= 15 is 0 Å². The molecule has 0 bridgehead atoms. The van der Waals surface area contributed by atoms with Crippen molar-refractivity contribution >= 4 is 29.0 Å². The van der Waals surface area contributed by atoms with Crippen molar-refractivity contribution in [1.82, 2.24) is 10.1 Å². The quantitative estimate of drug-likeness (QED) is 0.792. The highest BCUT2D eigenvalue weighted by atomic mass is 16.5. The molecule has 0 aliphatic carbocycles. The Bertz CT molecular complexity index is 763. The van der Waals surface area contributed by atoms with Gasteiger partial charge in [0, 0.05) is 43.6 Å². The lowest BCUT2D eigenvalue weighted by atomic mass is 10.2. The summed E-state index contributed by atoms with van der Waals surface area (Å²) in [4.78, 5) is 28.5. The molecule has 2 heterocycles. The van der Waals surface area contributed by atoms with Crippen molar-refractivity contribution in [1.29, 1.82) is 0 Å². The second-order valence-corrected chi connectivity index (χ2v) is 6.43. The van der Waals surface area contributed by atoms with Gasteiger partial charge in [-0.2, -0.15) is 0 Å². The summed E-state index contributed by atoms with van der Waals surface area (Å²) in [7, 11) is 2.12. The second kappa shape index (κ2) is 8.01. The van der Waals surface area contributed by atoms with E-state index in [4.69, 9.17) is 4.52 Å². The van der Waals surface area contributed by atoms with E-state index in [1.54, 1.807) is 13.0 Å². The Morgan fingerprint density at radius 2 is 1.73 bits per heavy atom. The predicted molar refractivity (Wildman–Crippen MR) is 99.3 cm³/mol. The van der Waals surface area contributed by atoms with Crippen molar-refractivity contribution in [2.75, 3.05) is 48.8 Å². The molecule has 0 spiro atoms. The Hall–Kier alpha value is -2.87. The molecule has 26 heavy (non-hydrogen) atoms. The number of rotatable bonds is 5. The van der Waals surface area contributed by atoms with E-state index in [0.717, 1.165) is 31.9 Å². The minimum absolute atomic E-state index is 0.286. The van der Waals surface area contributed by atoms with Gasteiger partial charge in [0.25, 0.3) is 0 Å².